The van der Waals surface area contributed by atoms with E-state index in [9.17, 15) is 13.2 Å². The van der Waals surface area contributed by atoms with Crippen LogP contribution in [-0.4, -0.2) is 56.8 Å². The van der Waals surface area contributed by atoms with Gasteiger partial charge in [0.2, 0.25) is 10.0 Å². The van der Waals surface area contributed by atoms with Gasteiger partial charge in [-0.2, -0.15) is 4.31 Å². The first-order valence-corrected chi connectivity index (χ1v) is 10.4. The topological polar surface area (TPSA) is 69.7 Å². The summed E-state index contributed by atoms with van der Waals surface area (Å²) in [5.41, 5.74) is 1.99. The van der Waals surface area contributed by atoms with Crippen LogP contribution >= 0.6 is 0 Å². The van der Waals surface area contributed by atoms with Crippen molar-refractivity contribution in [3.63, 3.8) is 0 Å². The van der Waals surface area contributed by atoms with Crippen LogP contribution in [0.25, 0.3) is 0 Å². The Balaban J connectivity index is 1.78. The molecular weight excluding hydrogens is 362 g/mol. The summed E-state index contributed by atoms with van der Waals surface area (Å²) in [5.74, 6) is -0.284. The molecule has 0 atom stereocenters. The number of nitrogens with one attached hydrogen (secondary N) is 1. The van der Waals surface area contributed by atoms with Crippen LogP contribution in [0.5, 0.6) is 0 Å². The summed E-state index contributed by atoms with van der Waals surface area (Å²) in [6.45, 7) is 4.49. The third-order valence-corrected chi connectivity index (χ3v) is 6.87. The number of hydrogen-bond acceptors (Lipinski definition) is 4. The predicted octanol–water partition coefficient (Wildman–Crippen LogP) is 1.86. The van der Waals surface area contributed by atoms with Crippen LogP contribution in [0.3, 0.4) is 0 Å². The first-order chi connectivity index (χ1) is 12.9. The number of rotatable bonds is 5. The first-order valence-electron chi connectivity index (χ1n) is 8.99. The van der Waals surface area contributed by atoms with Gasteiger partial charge in [-0.25, -0.2) is 8.42 Å². The molecule has 2 aromatic rings. The SMILES string of the molecule is Cc1ccc(C(=O)NCc2ccccc2)cc1S(=O)(=O)N1CCN(C)CC1. The molecule has 27 heavy (non-hydrogen) atoms. The molecule has 0 bridgehead atoms. The lowest BCUT2D eigenvalue weighted by atomic mass is 10.1. The van der Waals surface area contributed by atoms with Crippen LogP contribution in [0, 0.1) is 6.92 Å². The van der Waals surface area contributed by atoms with Crippen LogP contribution in [-0.2, 0) is 16.6 Å². The summed E-state index contributed by atoms with van der Waals surface area (Å²) in [6.07, 6.45) is 0. The molecule has 0 radical (unpaired) electrons. The van der Waals surface area contributed by atoms with E-state index >= 15 is 0 Å². The minimum atomic E-state index is -3.61. The van der Waals surface area contributed by atoms with Crippen LogP contribution in [0.2, 0.25) is 0 Å². The molecule has 1 fully saturated rings. The Morgan fingerprint density at radius 2 is 1.70 bits per heavy atom. The molecule has 7 heteroatoms. The summed E-state index contributed by atoms with van der Waals surface area (Å²) >= 11 is 0. The monoisotopic (exact) mass is 387 g/mol. The standard InChI is InChI=1S/C20H25N3O3S/c1-16-8-9-18(20(24)21-15-17-6-4-3-5-7-17)14-19(16)27(25,26)23-12-10-22(2)11-13-23/h3-9,14H,10-13,15H2,1-2H3,(H,21,24). The molecule has 144 valence electrons. The second kappa shape index (κ2) is 8.21. The van der Waals surface area contributed by atoms with Gasteiger partial charge >= 0.3 is 0 Å². The molecule has 0 saturated carbocycles. The van der Waals surface area contributed by atoms with E-state index in [0.717, 1.165) is 5.56 Å². The quantitative estimate of drug-likeness (QED) is 0.850. The zero-order chi connectivity index (χ0) is 19.4. The van der Waals surface area contributed by atoms with Gasteiger partial charge in [0.25, 0.3) is 5.91 Å². The summed E-state index contributed by atoms with van der Waals surface area (Å²) < 4.78 is 27.6. The number of benzene rings is 2. The van der Waals surface area contributed by atoms with Gasteiger partial charge in [0.15, 0.2) is 0 Å². The number of piperazine rings is 1. The van der Waals surface area contributed by atoms with E-state index in [4.69, 9.17) is 0 Å². The van der Waals surface area contributed by atoms with Crippen molar-refractivity contribution in [1.29, 1.82) is 0 Å². The molecule has 0 aromatic heterocycles. The molecule has 1 amide bonds. The highest BCUT2D eigenvalue weighted by Gasteiger charge is 2.29. The molecular formula is C20H25N3O3S. The Hall–Kier alpha value is -2.22. The van der Waals surface area contributed by atoms with Gasteiger partial charge in [0.1, 0.15) is 0 Å². The van der Waals surface area contributed by atoms with Crippen molar-refractivity contribution in [3.8, 4) is 0 Å². The molecule has 6 nitrogen and oxygen atoms in total. The van der Waals surface area contributed by atoms with Crippen molar-refractivity contribution in [3.05, 3.63) is 65.2 Å². The minimum absolute atomic E-state index is 0.208. The fraction of sp³-hybridized carbons (Fsp3) is 0.350. The fourth-order valence-corrected chi connectivity index (χ4v) is 4.74. The van der Waals surface area contributed by atoms with E-state index in [1.165, 1.54) is 10.4 Å². The third-order valence-electron chi connectivity index (χ3n) is 4.83. The molecule has 1 aliphatic rings. The largest absolute Gasteiger partial charge is 0.348 e. The fourth-order valence-electron chi connectivity index (χ4n) is 3.07. The summed E-state index contributed by atoms with van der Waals surface area (Å²) in [4.78, 5) is 14.8. The number of sulfonamides is 1. The molecule has 0 spiro atoms. The van der Waals surface area contributed by atoms with E-state index in [1.807, 2.05) is 37.4 Å². The number of carbonyl (C=O) groups excluding carboxylic acids is 1. The number of hydrogen-bond donors (Lipinski definition) is 1. The van der Waals surface area contributed by atoms with E-state index in [0.29, 0.717) is 43.9 Å². The number of amides is 1. The van der Waals surface area contributed by atoms with Crippen molar-refractivity contribution >= 4 is 15.9 Å². The highest BCUT2D eigenvalue weighted by atomic mass is 32.2. The van der Waals surface area contributed by atoms with Crippen LogP contribution in [0.15, 0.2) is 53.4 Å². The third kappa shape index (κ3) is 4.55. The smallest absolute Gasteiger partial charge is 0.251 e. The Morgan fingerprint density at radius 1 is 1.04 bits per heavy atom. The van der Waals surface area contributed by atoms with Crippen molar-refractivity contribution in [2.75, 3.05) is 33.2 Å². The van der Waals surface area contributed by atoms with Crippen molar-refractivity contribution < 1.29 is 13.2 Å². The highest BCUT2D eigenvalue weighted by molar-refractivity contribution is 7.89. The molecule has 1 heterocycles. The molecule has 1 N–H and O–H groups in total. The number of likely N-dealkylation sites (N-methyl/N-ethyl adjacent to an activating group) is 1. The Bertz CT molecular complexity index is 905. The maximum Gasteiger partial charge on any atom is 0.251 e. The van der Waals surface area contributed by atoms with Crippen LogP contribution in [0.4, 0.5) is 0 Å². The van der Waals surface area contributed by atoms with E-state index in [1.54, 1.807) is 19.1 Å². The maximum absolute atomic E-state index is 13.0. The highest BCUT2D eigenvalue weighted by Crippen LogP contribution is 2.22. The van der Waals surface area contributed by atoms with Crippen LogP contribution in [0.1, 0.15) is 21.5 Å². The van der Waals surface area contributed by atoms with Gasteiger partial charge in [-0.05, 0) is 37.2 Å². The van der Waals surface area contributed by atoms with E-state index in [2.05, 4.69) is 10.2 Å². The van der Waals surface area contributed by atoms with Gasteiger partial charge in [-0.3, -0.25) is 4.79 Å². The zero-order valence-electron chi connectivity index (χ0n) is 15.7. The molecule has 0 aliphatic carbocycles. The minimum Gasteiger partial charge on any atom is -0.348 e. The number of aryl methyl sites for hydroxylation is 1. The lowest BCUT2D eigenvalue weighted by Gasteiger charge is -2.32. The van der Waals surface area contributed by atoms with E-state index in [-0.39, 0.29) is 10.8 Å². The Morgan fingerprint density at radius 3 is 2.37 bits per heavy atom. The Kier molecular flexibility index (Phi) is 5.94. The first kappa shape index (κ1) is 19.5. The molecule has 3 rings (SSSR count). The second-order valence-electron chi connectivity index (χ2n) is 6.86. The summed E-state index contributed by atoms with van der Waals surface area (Å²) in [7, 11) is -1.63. The average molecular weight is 388 g/mol. The Labute approximate surface area is 160 Å². The molecule has 1 aliphatic heterocycles. The average Bonchev–Trinajstić information content (AvgIpc) is 2.67. The van der Waals surface area contributed by atoms with Crippen molar-refractivity contribution in [2.24, 2.45) is 0 Å². The molecule has 0 unspecified atom stereocenters. The number of nitrogens with zero attached hydrogens (tertiary/aromatic N) is 2. The van der Waals surface area contributed by atoms with Crippen molar-refractivity contribution in [2.45, 2.75) is 18.4 Å². The van der Waals surface area contributed by atoms with E-state index < -0.39 is 10.0 Å². The normalized spacial score (nSPS) is 16.2. The summed E-state index contributed by atoms with van der Waals surface area (Å²) in [5, 5.41) is 2.84. The van der Waals surface area contributed by atoms with Gasteiger partial charge < -0.3 is 10.2 Å². The number of carbonyl (C=O) groups is 1. The van der Waals surface area contributed by atoms with Gasteiger partial charge in [0.05, 0.1) is 4.90 Å². The van der Waals surface area contributed by atoms with Gasteiger partial charge in [0, 0.05) is 38.3 Å². The van der Waals surface area contributed by atoms with Crippen molar-refractivity contribution in [1.82, 2.24) is 14.5 Å². The zero-order valence-corrected chi connectivity index (χ0v) is 16.5. The lowest BCUT2D eigenvalue weighted by Crippen LogP contribution is -2.47. The lowest BCUT2D eigenvalue weighted by molar-refractivity contribution is 0.0950. The maximum atomic E-state index is 13.0. The molecule has 1 saturated heterocycles. The predicted molar refractivity (Wildman–Crippen MR) is 105 cm³/mol. The molecule has 2 aromatic carbocycles. The summed E-state index contributed by atoms with van der Waals surface area (Å²) in [6, 6.07) is 14.4. The second-order valence-corrected chi connectivity index (χ2v) is 8.76. The van der Waals surface area contributed by atoms with Crippen LogP contribution < -0.4 is 5.32 Å². The van der Waals surface area contributed by atoms with Gasteiger partial charge in [-0.15, -0.1) is 0 Å². The van der Waals surface area contributed by atoms with Gasteiger partial charge in [-0.1, -0.05) is 36.4 Å².